The molecule has 1 atom stereocenters. The Balaban J connectivity index is 1.58. The number of morpholine rings is 1. The smallest absolute Gasteiger partial charge is 0.243 e. The van der Waals surface area contributed by atoms with Crippen LogP contribution in [0.15, 0.2) is 47.4 Å². The molecule has 3 rings (SSSR count). The largest absolute Gasteiger partial charge is 0.496 e. The lowest BCUT2D eigenvalue weighted by molar-refractivity contribution is -0.121. The van der Waals surface area contributed by atoms with Crippen molar-refractivity contribution >= 4 is 15.9 Å². The third-order valence-corrected chi connectivity index (χ3v) is 7.34. The van der Waals surface area contributed by atoms with Gasteiger partial charge in [-0.15, -0.1) is 0 Å². The number of rotatable bonds is 11. The molecule has 0 aliphatic carbocycles. The lowest BCUT2D eigenvalue weighted by Crippen LogP contribution is -2.40. The third-order valence-electron chi connectivity index (χ3n) is 5.45. The predicted molar refractivity (Wildman–Crippen MR) is 127 cm³/mol. The Bertz CT molecular complexity index is 1070. The van der Waals surface area contributed by atoms with E-state index in [4.69, 9.17) is 18.9 Å². The average Bonchev–Trinajstić information content (AvgIpc) is 2.86. The Morgan fingerprint density at radius 2 is 1.74 bits per heavy atom. The molecule has 10 heteroatoms. The summed E-state index contributed by atoms with van der Waals surface area (Å²) in [5, 5.41) is 2.91. The van der Waals surface area contributed by atoms with E-state index in [9.17, 15) is 13.2 Å². The maximum atomic E-state index is 13.0. The molecule has 0 saturated carbocycles. The molecule has 186 valence electrons. The Labute approximate surface area is 201 Å². The lowest BCUT2D eigenvalue weighted by atomic mass is 10.1. The summed E-state index contributed by atoms with van der Waals surface area (Å²) in [4.78, 5) is 12.7. The number of nitrogens with zero attached hydrogens (tertiary/aromatic N) is 1. The molecule has 1 aliphatic rings. The summed E-state index contributed by atoms with van der Waals surface area (Å²) in [6, 6.07) is 11.8. The summed E-state index contributed by atoms with van der Waals surface area (Å²) in [5.74, 6) is 1.61. The second-order valence-corrected chi connectivity index (χ2v) is 9.86. The molecule has 34 heavy (non-hydrogen) atoms. The maximum Gasteiger partial charge on any atom is 0.243 e. The zero-order chi connectivity index (χ0) is 24.6. The van der Waals surface area contributed by atoms with Crippen LogP contribution in [-0.4, -0.2) is 71.8 Å². The predicted octanol–water partition coefficient (Wildman–Crippen LogP) is 2.24. The molecule has 1 heterocycles. The van der Waals surface area contributed by atoms with E-state index in [2.05, 4.69) is 5.32 Å². The van der Waals surface area contributed by atoms with Crippen molar-refractivity contribution in [2.45, 2.75) is 30.7 Å². The van der Waals surface area contributed by atoms with Crippen molar-refractivity contribution in [2.24, 2.45) is 0 Å². The second-order valence-electron chi connectivity index (χ2n) is 7.92. The van der Waals surface area contributed by atoms with Crippen LogP contribution in [0.25, 0.3) is 0 Å². The summed E-state index contributed by atoms with van der Waals surface area (Å²) in [6.45, 7) is 3.52. The van der Waals surface area contributed by atoms with E-state index in [0.29, 0.717) is 55.5 Å². The van der Waals surface area contributed by atoms with E-state index in [1.807, 2.05) is 19.1 Å². The molecule has 0 radical (unpaired) electrons. The van der Waals surface area contributed by atoms with Crippen LogP contribution in [0.2, 0.25) is 0 Å². The van der Waals surface area contributed by atoms with Crippen LogP contribution in [0.4, 0.5) is 0 Å². The standard InChI is InChI=1S/C24H32N2O7S/c1-18(17-33-23-7-5-4-6-22(23)31-3)25-24(27)11-8-19-16-20(9-10-21(19)30-2)34(28,29)26-12-14-32-15-13-26/h4-7,9-10,16,18H,8,11-15,17H2,1-3H3,(H,25,27)/t18-/m1/s1. The minimum Gasteiger partial charge on any atom is -0.496 e. The summed E-state index contributed by atoms with van der Waals surface area (Å²) < 4.78 is 49.1. The monoisotopic (exact) mass is 492 g/mol. The van der Waals surface area contributed by atoms with Crippen molar-refractivity contribution < 1.29 is 32.2 Å². The first-order valence-corrected chi connectivity index (χ1v) is 12.6. The van der Waals surface area contributed by atoms with Crippen molar-refractivity contribution in [1.82, 2.24) is 9.62 Å². The number of ether oxygens (including phenoxy) is 4. The minimum absolute atomic E-state index is 0.167. The van der Waals surface area contributed by atoms with Gasteiger partial charge in [0.05, 0.1) is 38.4 Å². The number of hydrogen-bond donors (Lipinski definition) is 1. The zero-order valence-electron chi connectivity index (χ0n) is 19.8. The highest BCUT2D eigenvalue weighted by Gasteiger charge is 2.27. The van der Waals surface area contributed by atoms with Gasteiger partial charge in [0.25, 0.3) is 0 Å². The molecular weight excluding hydrogens is 460 g/mol. The first kappa shape index (κ1) is 25.8. The summed E-state index contributed by atoms with van der Waals surface area (Å²) in [5.41, 5.74) is 0.657. The van der Waals surface area contributed by atoms with Gasteiger partial charge in [-0.3, -0.25) is 4.79 Å². The van der Waals surface area contributed by atoms with Gasteiger partial charge in [0.2, 0.25) is 15.9 Å². The SMILES string of the molecule is COc1ccc(S(=O)(=O)N2CCOCC2)cc1CCC(=O)N[C@H](C)COc1ccccc1OC. The summed E-state index contributed by atoms with van der Waals surface area (Å²) >= 11 is 0. The first-order chi connectivity index (χ1) is 16.3. The first-order valence-electron chi connectivity index (χ1n) is 11.1. The molecular formula is C24H32N2O7S. The fraction of sp³-hybridized carbons (Fsp3) is 0.458. The van der Waals surface area contributed by atoms with Crippen LogP contribution in [0.3, 0.4) is 0 Å². The van der Waals surface area contributed by atoms with Gasteiger partial charge < -0.3 is 24.3 Å². The van der Waals surface area contributed by atoms with Gasteiger partial charge in [-0.05, 0) is 49.2 Å². The summed E-state index contributed by atoms with van der Waals surface area (Å²) in [6.07, 6.45) is 0.512. The van der Waals surface area contributed by atoms with Crippen molar-refractivity contribution in [3.05, 3.63) is 48.0 Å². The van der Waals surface area contributed by atoms with E-state index in [0.717, 1.165) is 0 Å². The highest BCUT2D eigenvalue weighted by Crippen LogP contribution is 2.27. The van der Waals surface area contributed by atoms with E-state index < -0.39 is 10.0 Å². The molecule has 0 aromatic heterocycles. The minimum atomic E-state index is -3.64. The van der Waals surface area contributed by atoms with Crippen LogP contribution >= 0.6 is 0 Å². The van der Waals surface area contributed by atoms with Crippen LogP contribution in [0, 0.1) is 0 Å². The number of carbonyl (C=O) groups is 1. The summed E-state index contributed by atoms with van der Waals surface area (Å²) in [7, 11) is -0.544. The van der Waals surface area contributed by atoms with Gasteiger partial charge >= 0.3 is 0 Å². The van der Waals surface area contributed by atoms with Crippen molar-refractivity contribution in [2.75, 3.05) is 47.1 Å². The lowest BCUT2D eigenvalue weighted by Gasteiger charge is -2.26. The van der Waals surface area contributed by atoms with Gasteiger partial charge in [0.1, 0.15) is 12.4 Å². The van der Waals surface area contributed by atoms with Gasteiger partial charge in [0.15, 0.2) is 11.5 Å². The highest BCUT2D eigenvalue weighted by molar-refractivity contribution is 7.89. The van der Waals surface area contributed by atoms with Crippen LogP contribution < -0.4 is 19.5 Å². The fourth-order valence-corrected chi connectivity index (χ4v) is 5.10. The number of methoxy groups -OCH3 is 2. The van der Waals surface area contributed by atoms with Crippen molar-refractivity contribution in [3.63, 3.8) is 0 Å². The number of carbonyl (C=O) groups excluding carboxylic acids is 1. The number of benzene rings is 2. The van der Waals surface area contributed by atoms with Crippen molar-refractivity contribution in [1.29, 1.82) is 0 Å². The molecule has 1 N–H and O–H groups in total. The Kier molecular flexibility index (Phi) is 9.14. The van der Waals surface area contributed by atoms with Gasteiger partial charge in [-0.1, -0.05) is 12.1 Å². The average molecular weight is 493 g/mol. The number of para-hydroxylation sites is 2. The van der Waals surface area contributed by atoms with E-state index in [-0.39, 0.29) is 29.9 Å². The van der Waals surface area contributed by atoms with Gasteiger partial charge in [-0.25, -0.2) is 8.42 Å². The second kappa shape index (κ2) is 12.0. The topological polar surface area (TPSA) is 103 Å². The molecule has 0 unspecified atom stereocenters. The van der Waals surface area contributed by atoms with Crippen LogP contribution in [0.5, 0.6) is 17.2 Å². The molecule has 2 aromatic rings. The van der Waals surface area contributed by atoms with Crippen LogP contribution in [-0.2, 0) is 26.0 Å². The molecule has 1 fully saturated rings. The van der Waals surface area contributed by atoms with Crippen LogP contribution in [0.1, 0.15) is 18.9 Å². The normalized spacial score (nSPS) is 15.4. The fourth-order valence-electron chi connectivity index (χ4n) is 3.64. The van der Waals surface area contributed by atoms with Gasteiger partial charge in [0, 0.05) is 19.5 Å². The molecule has 1 amide bonds. The molecule has 1 saturated heterocycles. The van der Waals surface area contributed by atoms with Crippen molar-refractivity contribution in [3.8, 4) is 17.2 Å². The number of sulfonamides is 1. The number of nitrogens with one attached hydrogen (secondary N) is 1. The highest BCUT2D eigenvalue weighted by atomic mass is 32.2. The van der Waals surface area contributed by atoms with E-state index in [1.54, 1.807) is 31.4 Å². The quantitative estimate of drug-likeness (QED) is 0.513. The van der Waals surface area contributed by atoms with Gasteiger partial charge in [-0.2, -0.15) is 4.31 Å². The number of aryl methyl sites for hydroxylation is 1. The van der Waals surface area contributed by atoms with E-state index in [1.165, 1.54) is 17.5 Å². The molecule has 0 spiro atoms. The Morgan fingerprint density at radius 1 is 1.06 bits per heavy atom. The van der Waals surface area contributed by atoms with E-state index >= 15 is 0 Å². The number of amides is 1. The Hall–Kier alpha value is -2.82. The number of hydrogen-bond acceptors (Lipinski definition) is 7. The third kappa shape index (κ3) is 6.62. The molecule has 2 aromatic carbocycles. The Morgan fingerprint density at radius 3 is 2.41 bits per heavy atom. The molecule has 0 bridgehead atoms. The maximum absolute atomic E-state index is 13.0. The molecule has 9 nitrogen and oxygen atoms in total. The molecule has 1 aliphatic heterocycles. The zero-order valence-corrected chi connectivity index (χ0v) is 20.6.